The summed E-state index contributed by atoms with van der Waals surface area (Å²) in [7, 11) is 0. The molecule has 3 atom stereocenters. The minimum Gasteiger partial charge on any atom is -0.366 e. The molecule has 0 radical (unpaired) electrons. The van der Waals surface area contributed by atoms with Crippen LogP contribution in [-0.4, -0.2) is 42.5 Å². The average molecular weight is 386 g/mol. The number of hydrogen-bond acceptors (Lipinski definition) is 3. The molecule has 1 aromatic rings. The first kappa shape index (κ1) is 21.3. The van der Waals surface area contributed by atoms with Crippen molar-refractivity contribution >= 4 is 5.91 Å². The zero-order valence-corrected chi connectivity index (χ0v) is 17.8. The van der Waals surface area contributed by atoms with Crippen molar-refractivity contribution in [2.45, 2.75) is 83.2 Å². The zero-order valence-electron chi connectivity index (χ0n) is 17.8. The minimum atomic E-state index is -0.319. The molecule has 2 fully saturated rings. The number of unbranched alkanes of at least 4 members (excludes halogenated alkanes) is 1. The predicted molar refractivity (Wildman–Crippen MR) is 117 cm³/mol. The molecular formula is C24H39N3O. The van der Waals surface area contributed by atoms with Crippen LogP contribution in [0.15, 0.2) is 24.3 Å². The van der Waals surface area contributed by atoms with Crippen molar-refractivity contribution in [2.24, 2.45) is 11.7 Å². The van der Waals surface area contributed by atoms with Crippen LogP contribution < -0.4 is 11.1 Å². The summed E-state index contributed by atoms with van der Waals surface area (Å²) in [6.07, 6.45) is 10.3. The first-order chi connectivity index (χ1) is 13.6. The Balaban J connectivity index is 1.43. The molecule has 2 saturated heterocycles. The third-order valence-electron chi connectivity index (χ3n) is 7.13. The van der Waals surface area contributed by atoms with Gasteiger partial charge in [0.2, 0.25) is 5.91 Å². The highest BCUT2D eigenvalue weighted by atomic mass is 16.1. The number of primary amides is 1. The van der Waals surface area contributed by atoms with Crippen LogP contribution in [0.25, 0.3) is 0 Å². The lowest BCUT2D eigenvalue weighted by Crippen LogP contribution is -2.42. The third kappa shape index (κ3) is 5.36. The molecule has 156 valence electrons. The maximum Gasteiger partial charge on any atom is 0.248 e. The number of nitrogens with two attached hydrogens (primary N) is 1. The van der Waals surface area contributed by atoms with E-state index in [4.69, 9.17) is 5.73 Å². The molecule has 0 spiro atoms. The summed E-state index contributed by atoms with van der Waals surface area (Å²) < 4.78 is 0. The summed E-state index contributed by atoms with van der Waals surface area (Å²) in [4.78, 5) is 14.3. The van der Waals surface area contributed by atoms with Crippen LogP contribution >= 0.6 is 0 Å². The third-order valence-corrected chi connectivity index (χ3v) is 7.13. The standard InChI is InChI=1S/C24H39N3O/c1-3-18(4-2)17-26-12-5-6-13-27-22-10-11-23(27)16-21(15-22)19-8-7-9-20(14-19)24(25)28/h7-9,14,18,21-23,26H,3-6,10-13,15-17H2,1-2H3,(H2,25,28)/t21-,22+,23-. The Morgan fingerprint density at radius 2 is 1.89 bits per heavy atom. The highest BCUT2D eigenvalue weighted by molar-refractivity contribution is 5.92. The molecule has 4 heteroatoms. The second kappa shape index (κ2) is 10.4. The highest BCUT2D eigenvalue weighted by Crippen LogP contribution is 2.43. The van der Waals surface area contributed by atoms with Crippen LogP contribution in [0.4, 0.5) is 0 Å². The summed E-state index contributed by atoms with van der Waals surface area (Å²) in [5, 5.41) is 3.65. The molecule has 0 saturated carbocycles. The van der Waals surface area contributed by atoms with E-state index in [2.05, 4.69) is 30.1 Å². The van der Waals surface area contributed by atoms with Gasteiger partial charge in [-0.3, -0.25) is 9.69 Å². The number of carbonyl (C=O) groups is 1. The Kier molecular flexibility index (Phi) is 7.92. The lowest BCUT2D eigenvalue weighted by molar-refractivity contribution is 0.1000. The molecule has 2 aliphatic rings. The Hall–Kier alpha value is -1.39. The Labute approximate surface area is 171 Å². The largest absolute Gasteiger partial charge is 0.366 e. The molecule has 2 bridgehead atoms. The highest BCUT2D eigenvalue weighted by Gasteiger charge is 2.40. The quantitative estimate of drug-likeness (QED) is 0.558. The van der Waals surface area contributed by atoms with Crippen molar-refractivity contribution in [3.63, 3.8) is 0 Å². The van der Waals surface area contributed by atoms with Gasteiger partial charge in [0.15, 0.2) is 0 Å². The number of piperidine rings is 1. The van der Waals surface area contributed by atoms with E-state index in [9.17, 15) is 4.79 Å². The SMILES string of the molecule is CCC(CC)CNCCCCN1[C@@H]2CC[C@H]1C[C@@H](c1cccc(C(N)=O)c1)C2. The van der Waals surface area contributed by atoms with E-state index in [1.54, 1.807) is 0 Å². The number of fused-ring (bicyclic) bond motifs is 2. The van der Waals surface area contributed by atoms with Crippen molar-refractivity contribution in [3.8, 4) is 0 Å². The minimum absolute atomic E-state index is 0.319. The monoisotopic (exact) mass is 385 g/mol. The fourth-order valence-electron chi connectivity index (χ4n) is 5.29. The molecule has 4 nitrogen and oxygen atoms in total. The topological polar surface area (TPSA) is 58.4 Å². The van der Waals surface area contributed by atoms with Crippen LogP contribution in [0.3, 0.4) is 0 Å². The smallest absolute Gasteiger partial charge is 0.248 e. The van der Waals surface area contributed by atoms with Crippen LogP contribution in [-0.2, 0) is 0 Å². The molecule has 3 N–H and O–H groups in total. The van der Waals surface area contributed by atoms with Gasteiger partial charge in [-0.15, -0.1) is 0 Å². The van der Waals surface area contributed by atoms with E-state index in [1.807, 2.05) is 18.2 Å². The van der Waals surface area contributed by atoms with Gasteiger partial charge in [0, 0.05) is 17.6 Å². The average Bonchev–Trinajstić information content (AvgIpc) is 2.94. The second-order valence-electron chi connectivity index (χ2n) is 8.87. The molecule has 0 unspecified atom stereocenters. The van der Waals surface area contributed by atoms with Crippen LogP contribution in [0.1, 0.15) is 87.1 Å². The van der Waals surface area contributed by atoms with Crippen molar-refractivity contribution in [2.75, 3.05) is 19.6 Å². The van der Waals surface area contributed by atoms with Gasteiger partial charge in [0.25, 0.3) is 0 Å². The maximum absolute atomic E-state index is 11.5. The molecular weight excluding hydrogens is 346 g/mol. The van der Waals surface area contributed by atoms with Gasteiger partial charge in [-0.25, -0.2) is 0 Å². The Bertz CT molecular complexity index is 614. The van der Waals surface area contributed by atoms with Crippen molar-refractivity contribution in [1.82, 2.24) is 10.2 Å². The van der Waals surface area contributed by atoms with Crippen molar-refractivity contribution < 1.29 is 4.79 Å². The first-order valence-corrected chi connectivity index (χ1v) is 11.5. The van der Waals surface area contributed by atoms with E-state index in [-0.39, 0.29) is 5.91 Å². The van der Waals surface area contributed by atoms with Crippen molar-refractivity contribution in [1.29, 1.82) is 0 Å². The molecule has 2 aliphatic heterocycles. The zero-order chi connectivity index (χ0) is 19.9. The fourth-order valence-corrected chi connectivity index (χ4v) is 5.29. The lowest BCUT2D eigenvalue weighted by Gasteiger charge is -2.39. The van der Waals surface area contributed by atoms with Gasteiger partial charge in [-0.2, -0.15) is 0 Å². The summed E-state index contributed by atoms with van der Waals surface area (Å²) in [6.45, 7) is 8.16. The Morgan fingerprint density at radius 3 is 2.54 bits per heavy atom. The number of benzene rings is 1. The van der Waals surface area contributed by atoms with Gasteiger partial charge < -0.3 is 11.1 Å². The summed E-state index contributed by atoms with van der Waals surface area (Å²) in [6, 6.07) is 9.45. The van der Waals surface area contributed by atoms with Crippen LogP contribution in [0, 0.1) is 5.92 Å². The first-order valence-electron chi connectivity index (χ1n) is 11.5. The maximum atomic E-state index is 11.5. The number of nitrogens with one attached hydrogen (secondary N) is 1. The van der Waals surface area contributed by atoms with Crippen molar-refractivity contribution in [3.05, 3.63) is 35.4 Å². The normalized spacial score (nSPS) is 24.8. The van der Waals surface area contributed by atoms with Crippen LogP contribution in [0.2, 0.25) is 0 Å². The van der Waals surface area contributed by atoms with E-state index in [0.29, 0.717) is 11.5 Å². The number of hydrogen-bond donors (Lipinski definition) is 2. The Morgan fingerprint density at radius 1 is 1.18 bits per heavy atom. The van der Waals surface area contributed by atoms with Gasteiger partial charge in [0.1, 0.15) is 0 Å². The van der Waals surface area contributed by atoms with Gasteiger partial charge in [-0.05, 0) is 87.7 Å². The van der Waals surface area contributed by atoms with E-state index in [0.717, 1.165) is 24.5 Å². The van der Waals surface area contributed by atoms with E-state index >= 15 is 0 Å². The van der Waals surface area contributed by atoms with E-state index in [1.165, 1.54) is 70.0 Å². The molecule has 1 aromatic carbocycles. The van der Waals surface area contributed by atoms with Gasteiger partial charge in [0.05, 0.1) is 0 Å². The molecule has 0 aromatic heterocycles. The molecule has 0 aliphatic carbocycles. The number of carbonyl (C=O) groups excluding carboxylic acids is 1. The van der Waals surface area contributed by atoms with Crippen LogP contribution in [0.5, 0.6) is 0 Å². The molecule has 1 amide bonds. The summed E-state index contributed by atoms with van der Waals surface area (Å²) >= 11 is 0. The molecule has 2 heterocycles. The van der Waals surface area contributed by atoms with E-state index < -0.39 is 0 Å². The predicted octanol–water partition coefficient (Wildman–Crippen LogP) is 4.30. The fraction of sp³-hybridized carbons (Fsp3) is 0.708. The number of rotatable bonds is 11. The van der Waals surface area contributed by atoms with Gasteiger partial charge in [-0.1, -0.05) is 38.8 Å². The summed E-state index contributed by atoms with van der Waals surface area (Å²) in [5.74, 6) is 1.10. The van der Waals surface area contributed by atoms with Gasteiger partial charge >= 0.3 is 0 Å². The second-order valence-corrected chi connectivity index (χ2v) is 8.87. The molecule has 28 heavy (non-hydrogen) atoms. The number of amides is 1. The molecule has 3 rings (SSSR count). The number of nitrogens with zero attached hydrogens (tertiary/aromatic N) is 1. The lowest BCUT2D eigenvalue weighted by atomic mass is 9.84. The summed E-state index contributed by atoms with van der Waals surface area (Å²) in [5.41, 5.74) is 7.42.